The fraction of sp³-hybridized carbons (Fsp3) is 0.304. The van der Waals surface area contributed by atoms with Crippen molar-refractivity contribution in [3.05, 3.63) is 77.6 Å². The van der Waals surface area contributed by atoms with Crippen LogP contribution < -0.4 is 5.32 Å². The third-order valence-corrected chi connectivity index (χ3v) is 5.47. The minimum atomic E-state index is -0.259. The van der Waals surface area contributed by atoms with Crippen molar-refractivity contribution in [3.63, 3.8) is 0 Å². The molecule has 0 aliphatic carbocycles. The second-order valence-corrected chi connectivity index (χ2v) is 7.63. The summed E-state index contributed by atoms with van der Waals surface area (Å²) in [7, 11) is 0. The van der Waals surface area contributed by atoms with Crippen LogP contribution in [0.1, 0.15) is 28.2 Å². The molecule has 2 aromatic carbocycles. The number of para-hydroxylation sites is 1. The number of hydrogen-bond donors (Lipinski definition) is 1. The fourth-order valence-electron chi connectivity index (χ4n) is 3.79. The molecular formula is C23H25N5O2. The second kappa shape index (κ2) is 8.90. The first kappa shape index (κ1) is 19.8. The summed E-state index contributed by atoms with van der Waals surface area (Å²) >= 11 is 0. The molecule has 4 rings (SSSR count). The minimum Gasteiger partial charge on any atom is -0.350 e. The maximum absolute atomic E-state index is 12.6. The van der Waals surface area contributed by atoms with E-state index in [4.69, 9.17) is 0 Å². The molecule has 30 heavy (non-hydrogen) atoms. The molecule has 1 unspecified atom stereocenters. The lowest BCUT2D eigenvalue weighted by Crippen LogP contribution is -2.32. The molecule has 1 saturated heterocycles. The first-order valence-corrected chi connectivity index (χ1v) is 10.2. The predicted molar refractivity (Wildman–Crippen MR) is 113 cm³/mol. The number of amides is 2. The number of carbonyl (C=O) groups is 2. The third kappa shape index (κ3) is 4.40. The molecule has 0 saturated carbocycles. The SMILES string of the molecule is Cc1c(C(=O)NCC2CC(=O)N(CCc3ccccc3)C2)nnn1-c1ccccc1. The van der Waals surface area contributed by atoms with Crippen LogP contribution in [0.2, 0.25) is 0 Å². The Labute approximate surface area is 175 Å². The van der Waals surface area contributed by atoms with Crippen LogP contribution in [0.5, 0.6) is 0 Å². The number of nitrogens with zero attached hydrogens (tertiary/aromatic N) is 4. The van der Waals surface area contributed by atoms with E-state index >= 15 is 0 Å². The summed E-state index contributed by atoms with van der Waals surface area (Å²) in [6.07, 6.45) is 1.30. The molecule has 1 aliphatic rings. The molecule has 3 aromatic rings. The Kier molecular flexibility index (Phi) is 5.88. The van der Waals surface area contributed by atoms with Gasteiger partial charge in [-0.05, 0) is 31.0 Å². The third-order valence-electron chi connectivity index (χ3n) is 5.47. The summed E-state index contributed by atoms with van der Waals surface area (Å²) < 4.78 is 1.65. The zero-order valence-electron chi connectivity index (χ0n) is 17.0. The molecule has 1 fully saturated rings. The van der Waals surface area contributed by atoms with Crippen LogP contribution in [-0.4, -0.2) is 51.3 Å². The van der Waals surface area contributed by atoms with Gasteiger partial charge in [-0.2, -0.15) is 0 Å². The number of rotatable bonds is 7. The molecule has 1 atom stereocenters. The maximum atomic E-state index is 12.6. The van der Waals surface area contributed by atoms with Crippen LogP contribution in [0, 0.1) is 12.8 Å². The largest absolute Gasteiger partial charge is 0.350 e. The topological polar surface area (TPSA) is 80.1 Å². The Balaban J connectivity index is 1.30. The van der Waals surface area contributed by atoms with E-state index in [1.54, 1.807) is 4.68 Å². The Bertz CT molecular complexity index is 1020. The van der Waals surface area contributed by atoms with Gasteiger partial charge in [0.25, 0.3) is 5.91 Å². The number of nitrogens with one attached hydrogen (secondary N) is 1. The van der Waals surface area contributed by atoms with E-state index in [2.05, 4.69) is 27.8 Å². The van der Waals surface area contributed by atoms with Gasteiger partial charge >= 0.3 is 0 Å². The highest BCUT2D eigenvalue weighted by molar-refractivity contribution is 5.93. The monoisotopic (exact) mass is 403 g/mol. The first-order valence-electron chi connectivity index (χ1n) is 10.2. The van der Waals surface area contributed by atoms with Gasteiger partial charge in [0.2, 0.25) is 5.91 Å². The lowest BCUT2D eigenvalue weighted by atomic mass is 10.1. The van der Waals surface area contributed by atoms with Crippen molar-refractivity contribution in [2.24, 2.45) is 5.92 Å². The number of likely N-dealkylation sites (tertiary alicyclic amines) is 1. The van der Waals surface area contributed by atoms with Crippen LogP contribution in [0.25, 0.3) is 5.69 Å². The highest BCUT2D eigenvalue weighted by Crippen LogP contribution is 2.18. The van der Waals surface area contributed by atoms with E-state index in [-0.39, 0.29) is 17.7 Å². The number of hydrogen-bond acceptors (Lipinski definition) is 4. The summed E-state index contributed by atoms with van der Waals surface area (Å²) in [5.41, 5.74) is 3.07. The fourth-order valence-corrected chi connectivity index (χ4v) is 3.79. The summed E-state index contributed by atoms with van der Waals surface area (Å²) in [6, 6.07) is 19.7. The molecule has 2 amide bonds. The Morgan fingerprint density at radius 2 is 1.80 bits per heavy atom. The van der Waals surface area contributed by atoms with Crippen molar-refractivity contribution < 1.29 is 9.59 Å². The van der Waals surface area contributed by atoms with Gasteiger partial charge < -0.3 is 10.2 Å². The van der Waals surface area contributed by atoms with E-state index in [1.807, 2.05) is 60.4 Å². The van der Waals surface area contributed by atoms with Gasteiger partial charge in [0, 0.05) is 32.0 Å². The van der Waals surface area contributed by atoms with Crippen LogP contribution >= 0.6 is 0 Å². The molecule has 1 aromatic heterocycles. The molecule has 0 bridgehead atoms. The molecule has 7 nitrogen and oxygen atoms in total. The average molecular weight is 403 g/mol. The Morgan fingerprint density at radius 3 is 2.53 bits per heavy atom. The van der Waals surface area contributed by atoms with Crippen molar-refractivity contribution in [3.8, 4) is 5.69 Å². The van der Waals surface area contributed by atoms with Crippen LogP contribution in [0.4, 0.5) is 0 Å². The van der Waals surface area contributed by atoms with Crippen molar-refractivity contribution in [1.82, 2.24) is 25.2 Å². The molecule has 0 radical (unpaired) electrons. The number of aromatic nitrogens is 3. The van der Waals surface area contributed by atoms with E-state index in [9.17, 15) is 9.59 Å². The normalized spacial score (nSPS) is 16.1. The van der Waals surface area contributed by atoms with Gasteiger partial charge in [-0.3, -0.25) is 9.59 Å². The number of benzene rings is 2. The summed E-state index contributed by atoms with van der Waals surface area (Å²) in [4.78, 5) is 26.8. The lowest BCUT2D eigenvalue weighted by Gasteiger charge is -2.16. The van der Waals surface area contributed by atoms with E-state index in [1.165, 1.54) is 5.56 Å². The van der Waals surface area contributed by atoms with Crippen LogP contribution in [-0.2, 0) is 11.2 Å². The van der Waals surface area contributed by atoms with Gasteiger partial charge in [0.05, 0.1) is 11.4 Å². The van der Waals surface area contributed by atoms with Gasteiger partial charge in [-0.25, -0.2) is 4.68 Å². The molecule has 154 valence electrons. The average Bonchev–Trinajstić information content (AvgIpc) is 3.34. The van der Waals surface area contributed by atoms with Crippen molar-refractivity contribution >= 4 is 11.8 Å². The maximum Gasteiger partial charge on any atom is 0.273 e. The second-order valence-electron chi connectivity index (χ2n) is 7.63. The van der Waals surface area contributed by atoms with Crippen LogP contribution in [0.3, 0.4) is 0 Å². The standard InChI is InChI=1S/C23H25N5O2/c1-17-22(25-26-28(17)20-10-6-3-7-11-20)23(30)24-15-19-14-21(29)27(16-19)13-12-18-8-4-2-5-9-18/h2-11,19H,12-16H2,1H3,(H,24,30). The predicted octanol–water partition coefficient (Wildman–Crippen LogP) is 2.40. The van der Waals surface area contributed by atoms with Gasteiger partial charge in [-0.15, -0.1) is 5.10 Å². The Hall–Kier alpha value is -3.48. The van der Waals surface area contributed by atoms with E-state index in [0.717, 1.165) is 12.1 Å². The minimum absolute atomic E-state index is 0.113. The van der Waals surface area contributed by atoms with Crippen molar-refractivity contribution in [2.45, 2.75) is 19.8 Å². The first-order chi connectivity index (χ1) is 14.6. The summed E-state index contributed by atoms with van der Waals surface area (Å²) in [5.74, 6) is 0.00273. The van der Waals surface area contributed by atoms with E-state index < -0.39 is 0 Å². The van der Waals surface area contributed by atoms with Crippen molar-refractivity contribution in [1.29, 1.82) is 0 Å². The Morgan fingerprint density at radius 1 is 1.10 bits per heavy atom. The van der Waals surface area contributed by atoms with Crippen molar-refractivity contribution in [2.75, 3.05) is 19.6 Å². The molecule has 2 heterocycles. The smallest absolute Gasteiger partial charge is 0.273 e. The van der Waals surface area contributed by atoms with Gasteiger partial charge in [0.15, 0.2) is 5.69 Å². The van der Waals surface area contributed by atoms with E-state index in [0.29, 0.717) is 37.4 Å². The number of carbonyl (C=O) groups excluding carboxylic acids is 2. The molecule has 1 N–H and O–H groups in total. The zero-order chi connectivity index (χ0) is 20.9. The molecular weight excluding hydrogens is 378 g/mol. The lowest BCUT2D eigenvalue weighted by molar-refractivity contribution is -0.127. The molecule has 0 spiro atoms. The van der Waals surface area contributed by atoms with Gasteiger partial charge in [-0.1, -0.05) is 53.7 Å². The summed E-state index contributed by atoms with van der Waals surface area (Å²) in [5, 5.41) is 11.1. The summed E-state index contributed by atoms with van der Waals surface area (Å²) in [6.45, 7) is 3.65. The molecule has 1 aliphatic heterocycles. The quantitative estimate of drug-likeness (QED) is 0.657. The van der Waals surface area contributed by atoms with Crippen LogP contribution in [0.15, 0.2) is 60.7 Å². The van der Waals surface area contributed by atoms with Gasteiger partial charge in [0.1, 0.15) is 0 Å². The highest BCUT2D eigenvalue weighted by Gasteiger charge is 2.30. The zero-order valence-corrected chi connectivity index (χ0v) is 17.0. The molecule has 7 heteroatoms. The highest BCUT2D eigenvalue weighted by atomic mass is 16.2.